The quantitative estimate of drug-likeness (QED) is 0.112. The third-order valence-corrected chi connectivity index (χ3v) is 8.52. The van der Waals surface area contributed by atoms with E-state index in [4.69, 9.17) is 64.4 Å². The number of nitrogens with zero attached hydrogens (tertiary/aromatic N) is 5. The molecule has 0 bridgehead atoms. The second-order valence-electron chi connectivity index (χ2n) is 11.3. The highest BCUT2D eigenvalue weighted by molar-refractivity contribution is 7.21. The van der Waals surface area contributed by atoms with E-state index in [9.17, 15) is 4.39 Å². The van der Waals surface area contributed by atoms with Crippen LogP contribution in [0.4, 0.5) is 9.52 Å². The van der Waals surface area contributed by atoms with Gasteiger partial charge in [-0.1, -0.05) is 35.6 Å². The molecule has 0 atom stereocenters. The Kier molecular flexibility index (Phi) is 15.9. The number of carboxylic acids is 6. The fraction of sp³-hybridized carbons (Fsp3) is 0.265. The van der Waals surface area contributed by atoms with E-state index in [1.165, 1.54) is 25.0 Å². The number of anilines is 1. The Morgan fingerprint density at radius 2 is 1.30 bits per heavy atom. The molecule has 1 fully saturated rings. The molecule has 0 spiro atoms. The molecule has 4 heterocycles. The molecular weight excluding hydrogens is 735 g/mol. The molecule has 2 aromatic carbocycles. The molecule has 0 aliphatic carbocycles. The Morgan fingerprint density at radius 3 is 1.85 bits per heavy atom. The number of nitrogens with one attached hydrogen (secondary N) is 1. The number of pyridine rings is 1. The Labute approximate surface area is 308 Å². The van der Waals surface area contributed by atoms with Crippen molar-refractivity contribution in [2.24, 2.45) is 5.92 Å². The van der Waals surface area contributed by atoms with Crippen LogP contribution in [-0.4, -0.2) is 117 Å². The van der Waals surface area contributed by atoms with Crippen LogP contribution in [0.1, 0.15) is 24.2 Å². The minimum atomic E-state index is -1.82. The maximum Gasteiger partial charge on any atom is 0.414 e. The fourth-order valence-corrected chi connectivity index (χ4v) is 5.90. The lowest BCUT2D eigenvalue weighted by atomic mass is 9.93. The molecule has 18 nitrogen and oxygen atoms in total. The van der Waals surface area contributed by atoms with Gasteiger partial charge in [-0.2, -0.15) is 0 Å². The lowest BCUT2D eigenvalue weighted by Crippen LogP contribution is -2.37. The van der Waals surface area contributed by atoms with E-state index in [1.807, 2.05) is 36.5 Å². The standard InChI is InChI=1S/C28H29FN6S.3C2H2O4/c29-22-9-7-21(8-10-22)19-35-25-6-2-1-4-23(25)32-26(35)18-20-11-15-34(16-12-20)17-14-31-28-33-24-5-3-13-30-27(24)36-28;3*3-1(4)2(5)6/h1-10,13,20H,11-12,14-19H2,(H,31,33);3*(H,3,4)(H,5,6). The molecule has 7 N–H and O–H groups in total. The van der Waals surface area contributed by atoms with Crippen LogP contribution in [0.5, 0.6) is 0 Å². The van der Waals surface area contributed by atoms with Crippen molar-refractivity contribution >= 4 is 73.7 Å². The topological polar surface area (TPSA) is 283 Å². The van der Waals surface area contributed by atoms with E-state index in [0.29, 0.717) is 12.5 Å². The van der Waals surface area contributed by atoms with Crippen molar-refractivity contribution in [3.05, 3.63) is 84.1 Å². The number of hydrogen-bond donors (Lipinski definition) is 7. The van der Waals surface area contributed by atoms with Crippen LogP contribution in [0.2, 0.25) is 0 Å². The fourth-order valence-electron chi connectivity index (χ4n) is 5.07. The number of carbonyl (C=O) groups is 6. The third kappa shape index (κ3) is 13.5. The molecule has 6 rings (SSSR count). The van der Waals surface area contributed by atoms with Gasteiger partial charge in [0, 0.05) is 32.3 Å². The highest BCUT2D eigenvalue weighted by atomic mass is 32.1. The first-order valence-corrected chi connectivity index (χ1v) is 16.7. The van der Waals surface area contributed by atoms with Crippen molar-refractivity contribution in [3.63, 3.8) is 0 Å². The van der Waals surface area contributed by atoms with E-state index in [-0.39, 0.29) is 5.82 Å². The predicted molar refractivity (Wildman–Crippen MR) is 190 cm³/mol. The summed E-state index contributed by atoms with van der Waals surface area (Å²) in [6.07, 6.45) is 5.13. The summed E-state index contributed by atoms with van der Waals surface area (Å²) in [5.41, 5.74) is 4.22. The normalized spacial score (nSPS) is 12.5. The van der Waals surface area contributed by atoms with Gasteiger partial charge in [0.2, 0.25) is 0 Å². The van der Waals surface area contributed by atoms with Crippen LogP contribution in [0.3, 0.4) is 0 Å². The van der Waals surface area contributed by atoms with Gasteiger partial charge in [0.25, 0.3) is 0 Å². The van der Waals surface area contributed by atoms with Gasteiger partial charge in [0.15, 0.2) is 5.13 Å². The first kappa shape index (κ1) is 41.9. The number of rotatable bonds is 8. The van der Waals surface area contributed by atoms with Crippen molar-refractivity contribution < 1.29 is 63.8 Å². The van der Waals surface area contributed by atoms with E-state index in [0.717, 1.165) is 70.5 Å². The van der Waals surface area contributed by atoms with E-state index in [2.05, 4.69) is 43.0 Å². The monoisotopic (exact) mass is 770 g/mol. The zero-order chi connectivity index (χ0) is 39.8. The molecule has 0 radical (unpaired) electrons. The largest absolute Gasteiger partial charge is 0.473 e. The summed E-state index contributed by atoms with van der Waals surface area (Å²) in [5.74, 6) is -9.40. The number of thiazole rings is 1. The van der Waals surface area contributed by atoms with Crippen LogP contribution in [0.25, 0.3) is 21.4 Å². The molecule has 20 heteroatoms. The summed E-state index contributed by atoms with van der Waals surface area (Å²) in [6.45, 7) is 4.82. The minimum absolute atomic E-state index is 0.200. The highest BCUT2D eigenvalue weighted by Crippen LogP contribution is 2.26. The summed E-state index contributed by atoms with van der Waals surface area (Å²) in [7, 11) is 0. The van der Waals surface area contributed by atoms with Gasteiger partial charge in [-0.3, -0.25) is 0 Å². The predicted octanol–water partition coefficient (Wildman–Crippen LogP) is 3.06. The zero-order valence-corrected chi connectivity index (χ0v) is 29.1. The lowest BCUT2D eigenvalue weighted by Gasteiger charge is -2.31. The van der Waals surface area contributed by atoms with Gasteiger partial charge >= 0.3 is 35.8 Å². The molecular formula is C34H35FN6O12S. The van der Waals surface area contributed by atoms with Crippen molar-refractivity contribution in [3.8, 4) is 0 Å². The van der Waals surface area contributed by atoms with Gasteiger partial charge < -0.3 is 45.4 Å². The molecule has 0 saturated carbocycles. The number of aromatic nitrogens is 4. The summed E-state index contributed by atoms with van der Waals surface area (Å²) < 4.78 is 15.7. The Morgan fingerprint density at radius 1 is 0.741 bits per heavy atom. The number of fused-ring (bicyclic) bond motifs is 2. The third-order valence-electron chi connectivity index (χ3n) is 7.59. The van der Waals surface area contributed by atoms with Gasteiger partial charge in [-0.15, -0.1) is 0 Å². The van der Waals surface area contributed by atoms with Crippen LogP contribution >= 0.6 is 11.3 Å². The number of aliphatic carboxylic acids is 6. The number of halogens is 1. The molecule has 1 aliphatic rings. The second kappa shape index (κ2) is 20.5. The number of likely N-dealkylation sites (tertiary alicyclic amines) is 1. The maximum atomic E-state index is 13.4. The molecule has 1 saturated heterocycles. The zero-order valence-electron chi connectivity index (χ0n) is 28.2. The van der Waals surface area contributed by atoms with E-state index >= 15 is 0 Å². The van der Waals surface area contributed by atoms with Crippen molar-refractivity contribution in [2.75, 3.05) is 31.5 Å². The van der Waals surface area contributed by atoms with Crippen LogP contribution < -0.4 is 5.32 Å². The second-order valence-corrected chi connectivity index (χ2v) is 12.3. The Hall–Kier alpha value is -6.54. The lowest BCUT2D eigenvalue weighted by molar-refractivity contribution is -0.159. The number of hydrogen-bond acceptors (Lipinski definition) is 12. The first-order chi connectivity index (χ1) is 25.6. The van der Waals surface area contributed by atoms with Crippen molar-refractivity contribution in [1.82, 2.24) is 24.4 Å². The summed E-state index contributed by atoms with van der Waals surface area (Å²) >= 11 is 1.61. The average molecular weight is 771 g/mol. The summed E-state index contributed by atoms with van der Waals surface area (Å²) in [5, 5.41) is 48.8. The van der Waals surface area contributed by atoms with Crippen molar-refractivity contribution in [1.29, 1.82) is 0 Å². The average Bonchev–Trinajstić information content (AvgIpc) is 3.71. The van der Waals surface area contributed by atoms with Crippen LogP contribution in [-0.2, 0) is 41.7 Å². The van der Waals surface area contributed by atoms with Crippen LogP contribution in [0, 0.1) is 11.7 Å². The summed E-state index contributed by atoms with van der Waals surface area (Å²) in [6, 6.07) is 19.0. The van der Waals surface area contributed by atoms with Crippen LogP contribution in [0.15, 0.2) is 66.9 Å². The highest BCUT2D eigenvalue weighted by Gasteiger charge is 2.22. The molecule has 3 aromatic heterocycles. The van der Waals surface area contributed by atoms with Gasteiger partial charge in [0.1, 0.15) is 22.0 Å². The number of para-hydroxylation sites is 2. The number of carboxylic acid groups (broad SMARTS) is 6. The maximum absolute atomic E-state index is 13.4. The minimum Gasteiger partial charge on any atom is -0.473 e. The molecule has 5 aromatic rings. The molecule has 286 valence electrons. The van der Waals surface area contributed by atoms with Gasteiger partial charge in [0.05, 0.1) is 11.0 Å². The van der Waals surface area contributed by atoms with E-state index in [1.54, 1.807) is 11.3 Å². The van der Waals surface area contributed by atoms with E-state index < -0.39 is 35.8 Å². The summed E-state index contributed by atoms with van der Waals surface area (Å²) in [4.78, 5) is 72.1. The molecule has 0 unspecified atom stereocenters. The smallest absolute Gasteiger partial charge is 0.414 e. The van der Waals surface area contributed by atoms with Gasteiger partial charge in [-0.25, -0.2) is 48.1 Å². The molecule has 0 amide bonds. The molecule has 54 heavy (non-hydrogen) atoms. The Balaban J connectivity index is 0.000000363. The SMILES string of the molecule is Fc1ccc(Cn2c(CC3CCN(CCNc4nc5cccnc5s4)CC3)nc3ccccc32)cc1.O=C(O)C(=O)O.O=C(O)C(=O)O.O=C(O)C(=O)O. The van der Waals surface area contributed by atoms with Crippen molar-refractivity contribution in [2.45, 2.75) is 25.8 Å². The number of benzene rings is 2. The number of piperidine rings is 1. The number of imidazole rings is 1. The Bertz CT molecular complexity index is 1950. The molecule has 1 aliphatic heterocycles. The first-order valence-electron chi connectivity index (χ1n) is 15.9. The van der Waals surface area contributed by atoms with Gasteiger partial charge in [-0.05, 0) is 73.8 Å².